The summed E-state index contributed by atoms with van der Waals surface area (Å²) >= 11 is 8.64. The maximum Gasteiger partial charge on any atom is 0.267 e. The van der Waals surface area contributed by atoms with Crippen molar-refractivity contribution in [2.75, 3.05) is 11.9 Å². The summed E-state index contributed by atoms with van der Waals surface area (Å²) in [4.78, 5) is 16.0. The predicted octanol–water partition coefficient (Wildman–Crippen LogP) is 4.98. The number of benzene rings is 1. The topological polar surface area (TPSA) is 58.1 Å². The van der Waals surface area contributed by atoms with Gasteiger partial charge in [0.15, 0.2) is 4.34 Å². The van der Waals surface area contributed by atoms with Crippen LogP contribution in [-0.4, -0.2) is 43.7 Å². The van der Waals surface area contributed by atoms with Gasteiger partial charge >= 0.3 is 0 Å². The van der Waals surface area contributed by atoms with Gasteiger partial charge in [-0.3, -0.25) is 15.0 Å². The van der Waals surface area contributed by atoms with E-state index < -0.39 is 0 Å². The van der Waals surface area contributed by atoms with Crippen molar-refractivity contribution >= 4 is 61.4 Å². The average molecular weight is 508 g/mol. The van der Waals surface area contributed by atoms with Crippen molar-refractivity contribution < 1.29 is 4.79 Å². The molecule has 1 aromatic carbocycles. The zero-order chi connectivity index (χ0) is 19.8. The summed E-state index contributed by atoms with van der Waals surface area (Å²) in [6, 6.07) is 14.8. The summed E-state index contributed by atoms with van der Waals surface area (Å²) in [5.74, 6) is 0.550. The van der Waals surface area contributed by atoms with Gasteiger partial charge in [0.1, 0.15) is 0 Å². The maximum atomic E-state index is 12.2. The van der Waals surface area contributed by atoms with Gasteiger partial charge in [0, 0.05) is 29.2 Å². The number of alkyl halides is 1. The van der Waals surface area contributed by atoms with E-state index in [-0.39, 0.29) is 5.91 Å². The summed E-state index contributed by atoms with van der Waals surface area (Å²) in [5.41, 5.74) is 1.36. The van der Waals surface area contributed by atoms with Crippen molar-refractivity contribution in [3.63, 3.8) is 0 Å². The van der Waals surface area contributed by atoms with Crippen molar-refractivity contribution in [1.29, 1.82) is 0 Å². The molecule has 0 spiro atoms. The molecule has 0 radical (unpaired) electrons. The molecule has 2 aromatic heterocycles. The van der Waals surface area contributed by atoms with Gasteiger partial charge < -0.3 is 0 Å². The summed E-state index contributed by atoms with van der Waals surface area (Å²) in [6.45, 7) is 2.13. The largest absolute Gasteiger partial charge is 0.296 e. The number of nitrogens with zero attached hydrogens (tertiary/aromatic N) is 3. The number of hydrogen-bond donors (Lipinski definition) is 1. The Bertz CT molecular complexity index is 981. The fraction of sp³-hybridized carbons (Fsp3) is 0.350. The zero-order valence-corrected chi connectivity index (χ0v) is 19.4. The molecule has 29 heavy (non-hydrogen) atoms. The van der Waals surface area contributed by atoms with Crippen LogP contribution in [0.4, 0.5) is 5.13 Å². The molecule has 150 valence electrons. The van der Waals surface area contributed by atoms with Crippen molar-refractivity contribution in [1.82, 2.24) is 15.1 Å². The number of halogens is 1. The molecule has 1 aliphatic carbocycles. The number of hydrogen-bond acceptors (Lipinski definition) is 7. The van der Waals surface area contributed by atoms with Crippen molar-refractivity contribution in [3.8, 4) is 0 Å². The van der Waals surface area contributed by atoms with Gasteiger partial charge in [-0.15, -0.1) is 21.5 Å². The Morgan fingerprint density at radius 3 is 2.86 bits per heavy atom. The predicted molar refractivity (Wildman–Crippen MR) is 123 cm³/mol. The van der Waals surface area contributed by atoms with E-state index in [2.05, 4.69) is 66.7 Å². The number of fused-ring (bicyclic) bond motifs is 2. The first-order valence-corrected chi connectivity index (χ1v) is 12.9. The number of likely N-dealkylation sites (tertiary alicyclic amines) is 1. The number of rotatable bonds is 6. The quantitative estimate of drug-likeness (QED) is 0.377. The van der Waals surface area contributed by atoms with Gasteiger partial charge in [-0.05, 0) is 29.3 Å². The monoisotopic (exact) mass is 506 g/mol. The molecule has 2 aliphatic rings. The van der Waals surface area contributed by atoms with Gasteiger partial charge in [-0.2, -0.15) is 0 Å². The van der Waals surface area contributed by atoms with Gasteiger partial charge in [0.25, 0.3) is 5.91 Å². The Kier molecular flexibility index (Phi) is 5.75. The zero-order valence-electron chi connectivity index (χ0n) is 15.4. The number of piperidine rings is 1. The molecule has 9 heteroatoms. The van der Waals surface area contributed by atoms with Crippen molar-refractivity contribution in [3.05, 3.63) is 58.3 Å². The summed E-state index contributed by atoms with van der Waals surface area (Å²) in [5, 5.41) is 14.3. The average Bonchev–Trinajstić information content (AvgIpc) is 3.49. The minimum absolute atomic E-state index is 0.123. The summed E-state index contributed by atoms with van der Waals surface area (Å²) < 4.78 is 0.920. The Labute approximate surface area is 190 Å². The minimum Gasteiger partial charge on any atom is -0.296 e. The van der Waals surface area contributed by atoms with Crippen LogP contribution < -0.4 is 5.32 Å². The number of thioether (sulfide) groups is 1. The molecule has 1 saturated carbocycles. The van der Waals surface area contributed by atoms with E-state index in [1.165, 1.54) is 34.7 Å². The fourth-order valence-corrected chi connectivity index (χ4v) is 8.55. The van der Waals surface area contributed by atoms with Crippen LogP contribution >= 0.6 is 50.4 Å². The van der Waals surface area contributed by atoms with Crippen molar-refractivity contribution in [2.45, 2.75) is 33.4 Å². The SMILES string of the molecule is O=C(Nc1nnc(S[C@H]2C[C@@H]3CN(Cc4ccccc4)[C@H]2[C@@H]3Br)s1)c1cccs1. The molecule has 2 bridgehead atoms. The highest BCUT2D eigenvalue weighted by atomic mass is 79.9. The number of carbonyl (C=O) groups excluding carboxylic acids is 1. The first-order valence-electron chi connectivity index (χ1n) is 9.44. The lowest BCUT2D eigenvalue weighted by Gasteiger charge is -2.32. The Morgan fingerprint density at radius 1 is 1.24 bits per heavy atom. The highest BCUT2D eigenvalue weighted by Gasteiger charge is 2.51. The molecule has 3 heterocycles. The Hall–Kier alpha value is -1.26. The first-order chi connectivity index (χ1) is 14.2. The first kappa shape index (κ1) is 19.7. The van der Waals surface area contributed by atoms with Gasteiger partial charge in [0.2, 0.25) is 5.13 Å². The minimum atomic E-state index is -0.123. The number of nitrogens with one attached hydrogen (secondary N) is 1. The van der Waals surface area contributed by atoms with Gasteiger partial charge in [-0.25, -0.2) is 0 Å². The molecule has 1 aliphatic heterocycles. The second-order valence-electron chi connectivity index (χ2n) is 7.31. The second-order valence-corrected chi connectivity index (χ2v) is 11.8. The molecule has 4 atom stereocenters. The summed E-state index contributed by atoms with van der Waals surface area (Å²) in [6.07, 6.45) is 1.19. The van der Waals surface area contributed by atoms with E-state index in [1.54, 1.807) is 11.8 Å². The highest BCUT2D eigenvalue weighted by Crippen LogP contribution is 2.49. The molecule has 0 unspecified atom stereocenters. The van der Waals surface area contributed by atoms with E-state index >= 15 is 0 Å². The van der Waals surface area contributed by atoms with Gasteiger partial charge in [0.05, 0.1) is 4.88 Å². The second kappa shape index (κ2) is 8.47. The molecule has 1 amide bonds. The van der Waals surface area contributed by atoms with E-state index in [9.17, 15) is 4.79 Å². The highest BCUT2D eigenvalue weighted by molar-refractivity contribution is 9.09. The third-order valence-corrected chi connectivity index (χ3v) is 9.82. The number of aromatic nitrogens is 2. The number of thiophene rings is 1. The molecule has 5 nitrogen and oxygen atoms in total. The smallest absolute Gasteiger partial charge is 0.267 e. The summed E-state index contributed by atoms with van der Waals surface area (Å²) in [7, 11) is 0. The van der Waals surface area contributed by atoms with Crippen LogP contribution in [0.25, 0.3) is 0 Å². The molecule has 2 fully saturated rings. The van der Waals surface area contributed by atoms with Crippen LogP contribution in [0.2, 0.25) is 0 Å². The van der Waals surface area contributed by atoms with Crippen LogP contribution in [0.1, 0.15) is 21.7 Å². The molecule has 1 saturated heterocycles. The van der Waals surface area contributed by atoms with Crippen molar-refractivity contribution in [2.24, 2.45) is 5.92 Å². The lowest BCUT2D eigenvalue weighted by atomic mass is 10.1. The normalized spacial score (nSPS) is 26.1. The van der Waals surface area contributed by atoms with E-state index in [0.717, 1.165) is 17.4 Å². The lowest BCUT2D eigenvalue weighted by Crippen LogP contribution is -2.40. The van der Waals surface area contributed by atoms with Crippen LogP contribution in [0, 0.1) is 5.92 Å². The number of amides is 1. The van der Waals surface area contributed by atoms with E-state index in [0.29, 0.717) is 32.0 Å². The van der Waals surface area contributed by atoms with E-state index in [1.807, 2.05) is 17.5 Å². The maximum absolute atomic E-state index is 12.2. The fourth-order valence-electron chi connectivity index (χ4n) is 4.20. The van der Waals surface area contributed by atoms with Crippen LogP contribution in [0.5, 0.6) is 0 Å². The van der Waals surface area contributed by atoms with Crippen LogP contribution in [0.15, 0.2) is 52.2 Å². The molecular formula is C20H19BrN4OS3. The third kappa shape index (κ3) is 4.16. The molecule has 1 N–H and O–H groups in total. The third-order valence-electron chi connectivity index (χ3n) is 5.44. The number of carbonyl (C=O) groups is 1. The standard InChI is InChI=1S/C20H19BrN4OS3/c21-16-13-9-15(17(16)25(11-13)10-12-5-2-1-3-6-12)28-20-24-23-19(29-20)22-18(26)14-7-4-8-27-14/h1-8,13,15-17H,9-11H2,(H,22,23,26)/t13-,15+,16-,17-/m1/s1. The van der Waals surface area contributed by atoms with Crippen LogP contribution in [0.3, 0.4) is 0 Å². The Balaban J connectivity index is 1.24. The van der Waals surface area contributed by atoms with E-state index in [4.69, 9.17) is 0 Å². The number of anilines is 1. The Morgan fingerprint density at radius 2 is 2.10 bits per heavy atom. The molecular weight excluding hydrogens is 488 g/mol. The lowest BCUT2D eigenvalue weighted by molar-refractivity contribution is 0.103. The van der Waals surface area contributed by atoms with Gasteiger partial charge in [-0.1, -0.05) is 75.4 Å². The molecule has 5 rings (SSSR count). The molecule has 3 aromatic rings. The van der Waals surface area contributed by atoms with Crippen LogP contribution in [-0.2, 0) is 6.54 Å².